The highest BCUT2D eigenvalue weighted by Gasteiger charge is 2.26. The molecule has 1 saturated carbocycles. The standard InChI is InChI=1S/C9H18N4/c1-12-4-6-13(7-5-12)11-9(10)8-2-3-8/h8H,2-7H2,1H3,(H2,10,11). The zero-order valence-corrected chi connectivity index (χ0v) is 8.24. The molecule has 0 spiro atoms. The lowest BCUT2D eigenvalue weighted by atomic mass is 10.4. The molecular formula is C9H18N4. The molecule has 2 rings (SSSR count). The molecule has 0 unspecified atom stereocenters. The molecule has 4 heteroatoms. The number of hydrogen-bond donors (Lipinski definition) is 1. The van der Waals surface area contributed by atoms with E-state index in [1.807, 2.05) is 0 Å². The van der Waals surface area contributed by atoms with Crippen LogP contribution in [0.25, 0.3) is 0 Å². The summed E-state index contributed by atoms with van der Waals surface area (Å²) in [5.74, 6) is 1.45. The zero-order valence-electron chi connectivity index (χ0n) is 8.24. The van der Waals surface area contributed by atoms with Crippen molar-refractivity contribution in [1.29, 1.82) is 0 Å². The first-order valence-electron chi connectivity index (χ1n) is 5.03. The van der Waals surface area contributed by atoms with E-state index in [0.717, 1.165) is 32.0 Å². The Morgan fingerprint density at radius 2 is 1.85 bits per heavy atom. The topological polar surface area (TPSA) is 44.9 Å². The van der Waals surface area contributed by atoms with Crippen LogP contribution in [0.5, 0.6) is 0 Å². The predicted octanol–water partition coefficient (Wildman–Crippen LogP) is -0.0840. The number of piperazine rings is 1. The van der Waals surface area contributed by atoms with Crippen molar-refractivity contribution in [2.45, 2.75) is 12.8 Å². The molecule has 2 N–H and O–H groups in total. The Kier molecular flexibility index (Phi) is 2.40. The third kappa shape index (κ3) is 2.34. The predicted molar refractivity (Wildman–Crippen MR) is 53.4 cm³/mol. The van der Waals surface area contributed by atoms with Gasteiger partial charge in [0.05, 0.1) is 0 Å². The lowest BCUT2D eigenvalue weighted by Crippen LogP contribution is -2.42. The Hall–Kier alpha value is -0.770. The molecule has 0 aromatic rings. The number of nitrogens with two attached hydrogens (primary N) is 1. The minimum Gasteiger partial charge on any atom is -0.385 e. The second-order valence-electron chi connectivity index (χ2n) is 4.06. The fraction of sp³-hybridized carbons (Fsp3) is 0.889. The van der Waals surface area contributed by atoms with Gasteiger partial charge in [0.2, 0.25) is 0 Å². The van der Waals surface area contributed by atoms with E-state index >= 15 is 0 Å². The first-order valence-corrected chi connectivity index (χ1v) is 5.03. The molecule has 74 valence electrons. The van der Waals surface area contributed by atoms with Gasteiger partial charge in [0.25, 0.3) is 0 Å². The van der Waals surface area contributed by atoms with E-state index in [4.69, 9.17) is 5.73 Å². The van der Waals surface area contributed by atoms with Crippen LogP contribution in [0.2, 0.25) is 0 Å². The first-order chi connectivity index (χ1) is 6.25. The average molecular weight is 182 g/mol. The summed E-state index contributed by atoms with van der Waals surface area (Å²) in [5, 5.41) is 6.54. The Bertz CT molecular complexity index is 202. The molecule has 0 amide bonds. The molecule has 0 aromatic heterocycles. The van der Waals surface area contributed by atoms with E-state index in [-0.39, 0.29) is 0 Å². The van der Waals surface area contributed by atoms with Crippen LogP contribution >= 0.6 is 0 Å². The van der Waals surface area contributed by atoms with E-state index in [1.165, 1.54) is 12.8 Å². The van der Waals surface area contributed by atoms with Crippen molar-refractivity contribution in [2.24, 2.45) is 16.8 Å². The van der Waals surface area contributed by atoms with Gasteiger partial charge in [-0.3, -0.25) is 5.01 Å². The van der Waals surface area contributed by atoms with Gasteiger partial charge in [0.15, 0.2) is 0 Å². The Balaban J connectivity index is 1.83. The molecule has 0 bridgehead atoms. The normalized spacial score (nSPS) is 26.5. The van der Waals surface area contributed by atoms with E-state index < -0.39 is 0 Å². The Morgan fingerprint density at radius 1 is 1.23 bits per heavy atom. The number of likely N-dealkylation sites (N-methyl/N-ethyl adjacent to an activating group) is 1. The van der Waals surface area contributed by atoms with Gasteiger partial charge in [-0.2, -0.15) is 5.10 Å². The molecular weight excluding hydrogens is 164 g/mol. The fourth-order valence-electron chi connectivity index (χ4n) is 1.52. The maximum atomic E-state index is 5.84. The highest BCUT2D eigenvalue weighted by Crippen LogP contribution is 2.28. The molecule has 1 aliphatic heterocycles. The van der Waals surface area contributed by atoms with Gasteiger partial charge in [0.1, 0.15) is 5.84 Å². The van der Waals surface area contributed by atoms with Crippen LogP contribution in [-0.4, -0.2) is 49.0 Å². The first kappa shape index (κ1) is 8.81. The van der Waals surface area contributed by atoms with Crippen molar-refractivity contribution in [3.05, 3.63) is 0 Å². The minimum atomic E-state index is 0.597. The summed E-state index contributed by atoms with van der Waals surface area (Å²) in [4.78, 5) is 2.32. The summed E-state index contributed by atoms with van der Waals surface area (Å²) >= 11 is 0. The van der Waals surface area contributed by atoms with Gasteiger partial charge in [0, 0.05) is 32.1 Å². The monoisotopic (exact) mass is 182 g/mol. The van der Waals surface area contributed by atoms with Gasteiger partial charge < -0.3 is 10.6 Å². The van der Waals surface area contributed by atoms with Crippen LogP contribution < -0.4 is 5.73 Å². The summed E-state index contributed by atoms with van der Waals surface area (Å²) in [5.41, 5.74) is 5.84. The van der Waals surface area contributed by atoms with Crippen LogP contribution in [0.1, 0.15) is 12.8 Å². The van der Waals surface area contributed by atoms with Gasteiger partial charge >= 0.3 is 0 Å². The van der Waals surface area contributed by atoms with E-state index in [9.17, 15) is 0 Å². The van der Waals surface area contributed by atoms with Crippen molar-refractivity contribution in [1.82, 2.24) is 9.91 Å². The van der Waals surface area contributed by atoms with E-state index in [0.29, 0.717) is 5.92 Å². The highest BCUT2D eigenvalue weighted by molar-refractivity contribution is 5.84. The molecule has 1 aliphatic carbocycles. The van der Waals surface area contributed by atoms with Gasteiger partial charge in [-0.25, -0.2) is 0 Å². The van der Waals surface area contributed by atoms with Crippen molar-refractivity contribution >= 4 is 5.84 Å². The number of hydrogen-bond acceptors (Lipinski definition) is 3. The molecule has 1 saturated heterocycles. The zero-order chi connectivity index (χ0) is 9.26. The maximum absolute atomic E-state index is 5.84. The molecule has 0 atom stereocenters. The molecule has 0 radical (unpaired) electrons. The van der Waals surface area contributed by atoms with Crippen LogP contribution in [0.4, 0.5) is 0 Å². The molecule has 2 aliphatic rings. The lowest BCUT2D eigenvalue weighted by Gasteiger charge is -2.30. The van der Waals surface area contributed by atoms with Gasteiger partial charge in [-0.1, -0.05) is 0 Å². The van der Waals surface area contributed by atoms with Crippen LogP contribution in [0.15, 0.2) is 5.10 Å². The van der Waals surface area contributed by atoms with Crippen molar-refractivity contribution in [3.63, 3.8) is 0 Å². The average Bonchev–Trinajstić information content (AvgIpc) is 2.91. The van der Waals surface area contributed by atoms with Crippen LogP contribution in [-0.2, 0) is 0 Å². The Labute approximate surface area is 79.4 Å². The smallest absolute Gasteiger partial charge is 0.122 e. The summed E-state index contributed by atoms with van der Waals surface area (Å²) in [7, 11) is 2.14. The quantitative estimate of drug-likeness (QED) is 0.480. The number of nitrogens with zero attached hydrogens (tertiary/aromatic N) is 3. The number of hydrazone groups is 1. The molecule has 13 heavy (non-hydrogen) atoms. The molecule has 4 nitrogen and oxygen atoms in total. The Morgan fingerprint density at radius 3 is 2.38 bits per heavy atom. The lowest BCUT2D eigenvalue weighted by molar-refractivity contribution is 0.158. The van der Waals surface area contributed by atoms with E-state index in [1.54, 1.807) is 0 Å². The molecule has 1 heterocycles. The number of rotatable bonds is 2. The van der Waals surface area contributed by atoms with Crippen molar-refractivity contribution in [2.75, 3.05) is 33.2 Å². The van der Waals surface area contributed by atoms with E-state index in [2.05, 4.69) is 22.1 Å². The summed E-state index contributed by atoms with van der Waals surface area (Å²) < 4.78 is 0. The third-order valence-corrected chi connectivity index (χ3v) is 2.73. The van der Waals surface area contributed by atoms with Crippen LogP contribution in [0, 0.1) is 5.92 Å². The second-order valence-corrected chi connectivity index (χ2v) is 4.06. The van der Waals surface area contributed by atoms with Crippen LogP contribution in [0.3, 0.4) is 0 Å². The van der Waals surface area contributed by atoms with Crippen molar-refractivity contribution in [3.8, 4) is 0 Å². The SMILES string of the molecule is CN1CCN(/N=C(\N)C2CC2)CC1. The summed E-state index contributed by atoms with van der Waals surface area (Å²) in [6.07, 6.45) is 2.48. The third-order valence-electron chi connectivity index (χ3n) is 2.73. The fourth-order valence-corrected chi connectivity index (χ4v) is 1.52. The van der Waals surface area contributed by atoms with Gasteiger partial charge in [-0.05, 0) is 19.9 Å². The molecule has 0 aromatic carbocycles. The number of amidine groups is 1. The highest BCUT2D eigenvalue weighted by atomic mass is 15.5. The summed E-state index contributed by atoms with van der Waals surface area (Å²) in [6.45, 7) is 4.23. The molecule has 2 fully saturated rings. The largest absolute Gasteiger partial charge is 0.385 e. The van der Waals surface area contributed by atoms with Gasteiger partial charge in [-0.15, -0.1) is 0 Å². The minimum absolute atomic E-state index is 0.597. The second kappa shape index (κ2) is 3.54. The van der Waals surface area contributed by atoms with Crippen molar-refractivity contribution < 1.29 is 0 Å². The maximum Gasteiger partial charge on any atom is 0.122 e. The summed E-state index contributed by atoms with van der Waals surface area (Å²) in [6, 6.07) is 0.